The second-order valence-electron chi connectivity index (χ2n) is 4.30. The smallest absolute Gasteiger partial charge is 0.345 e. The number of nitrogens with zero attached hydrogens (tertiary/aromatic N) is 1. The molecule has 1 saturated heterocycles. The normalized spacial score (nSPS) is 19.4. The number of carboxylic acids is 1. The summed E-state index contributed by atoms with van der Waals surface area (Å²) in [5, 5.41) is 19.9. The maximum absolute atomic E-state index is 12.1. The summed E-state index contributed by atoms with van der Waals surface area (Å²) in [4.78, 5) is 10.7. The Balaban J connectivity index is 2.20. The van der Waals surface area contributed by atoms with Crippen molar-refractivity contribution in [1.82, 2.24) is 4.31 Å². The van der Waals surface area contributed by atoms with E-state index >= 15 is 0 Å². The lowest BCUT2D eigenvalue weighted by molar-refractivity contribution is -0.0613. The van der Waals surface area contributed by atoms with Crippen molar-refractivity contribution in [3.63, 3.8) is 0 Å². The molecule has 0 atom stereocenters. The molecule has 0 aromatic carbocycles. The van der Waals surface area contributed by atoms with E-state index in [2.05, 4.69) is 0 Å². The minimum Gasteiger partial charge on any atom is -0.477 e. The van der Waals surface area contributed by atoms with E-state index in [-0.39, 0.29) is 22.9 Å². The van der Waals surface area contributed by atoms with E-state index in [1.807, 2.05) is 0 Å². The van der Waals surface area contributed by atoms with Gasteiger partial charge in [-0.15, -0.1) is 11.3 Å². The summed E-state index contributed by atoms with van der Waals surface area (Å²) in [7, 11) is -3.68. The zero-order valence-corrected chi connectivity index (χ0v) is 11.3. The summed E-state index contributed by atoms with van der Waals surface area (Å²) < 4.78 is 25.3. The molecule has 1 fully saturated rings. The fourth-order valence-electron chi connectivity index (χ4n) is 1.72. The molecule has 18 heavy (non-hydrogen) atoms. The summed E-state index contributed by atoms with van der Waals surface area (Å²) in [6.45, 7) is 1.91. The molecule has 2 rings (SSSR count). The van der Waals surface area contributed by atoms with Crippen LogP contribution in [0.4, 0.5) is 0 Å². The molecule has 6 nitrogen and oxygen atoms in total. The highest BCUT2D eigenvalue weighted by Gasteiger charge is 2.46. The Morgan fingerprint density at radius 1 is 1.56 bits per heavy atom. The first kappa shape index (κ1) is 13.5. The molecular weight excluding hydrogens is 278 g/mol. The average Bonchev–Trinajstić information content (AvgIpc) is 2.74. The summed E-state index contributed by atoms with van der Waals surface area (Å²) in [5.41, 5.74) is -0.946. The molecule has 0 spiro atoms. The van der Waals surface area contributed by atoms with E-state index in [1.165, 1.54) is 5.38 Å². The lowest BCUT2D eigenvalue weighted by Crippen LogP contribution is -2.62. The van der Waals surface area contributed by atoms with Gasteiger partial charge in [0.2, 0.25) is 10.0 Å². The Morgan fingerprint density at radius 2 is 2.17 bits per heavy atom. The van der Waals surface area contributed by atoms with Gasteiger partial charge >= 0.3 is 5.97 Å². The molecule has 100 valence electrons. The highest BCUT2D eigenvalue weighted by molar-refractivity contribution is 7.89. The Morgan fingerprint density at radius 3 is 2.61 bits per heavy atom. The third-order valence-electron chi connectivity index (χ3n) is 3.02. The average molecular weight is 291 g/mol. The predicted octanol–water partition coefficient (Wildman–Crippen LogP) is 0.592. The molecule has 0 aliphatic carbocycles. The summed E-state index contributed by atoms with van der Waals surface area (Å²) in [5.74, 6) is -1.14. The zero-order chi connectivity index (χ0) is 13.6. The van der Waals surface area contributed by atoms with E-state index < -0.39 is 21.6 Å². The third kappa shape index (κ3) is 2.16. The highest BCUT2D eigenvalue weighted by Crippen LogP contribution is 2.31. The Hall–Kier alpha value is -0.960. The highest BCUT2D eigenvalue weighted by atomic mass is 32.2. The van der Waals surface area contributed by atoms with Crippen molar-refractivity contribution in [2.24, 2.45) is 0 Å². The van der Waals surface area contributed by atoms with Gasteiger partial charge in [0.1, 0.15) is 4.88 Å². The van der Waals surface area contributed by atoms with Gasteiger partial charge in [-0.2, -0.15) is 4.31 Å². The van der Waals surface area contributed by atoms with Crippen LogP contribution in [0.2, 0.25) is 0 Å². The molecule has 0 unspecified atom stereocenters. The van der Waals surface area contributed by atoms with Crippen LogP contribution in [-0.4, -0.2) is 47.6 Å². The van der Waals surface area contributed by atoms with Gasteiger partial charge in [-0.3, -0.25) is 0 Å². The minimum atomic E-state index is -3.68. The van der Waals surface area contributed by atoms with Crippen LogP contribution in [0.1, 0.15) is 23.0 Å². The van der Waals surface area contributed by atoms with Crippen LogP contribution in [0.3, 0.4) is 0 Å². The van der Waals surface area contributed by atoms with Gasteiger partial charge in [-0.05, 0) is 12.5 Å². The Labute approximate surface area is 109 Å². The third-order valence-corrected chi connectivity index (χ3v) is 5.86. The molecule has 8 heteroatoms. The van der Waals surface area contributed by atoms with E-state index in [0.717, 1.165) is 21.7 Å². The van der Waals surface area contributed by atoms with Crippen molar-refractivity contribution < 1.29 is 23.4 Å². The molecular formula is C10H13NO5S2. The second-order valence-corrected chi connectivity index (χ2v) is 7.15. The molecule has 1 aromatic rings. The van der Waals surface area contributed by atoms with E-state index in [0.29, 0.717) is 6.42 Å². The van der Waals surface area contributed by atoms with Gasteiger partial charge in [0.25, 0.3) is 0 Å². The number of aliphatic hydroxyl groups is 1. The van der Waals surface area contributed by atoms with Gasteiger partial charge in [-0.1, -0.05) is 6.92 Å². The van der Waals surface area contributed by atoms with E-state index in [4.69, 9.17) is 5.11 Å². The molecule has 2 heterocycles. The van der Waals surface area contributed by atoms with Crippen molar-refractivity contribution in [3.8, 4) is 0 Å². The SMILES string of the molecule is CCC1(O)CN(S(=O)(=O)c2csc(C(=O)O)c2)C1. The first-order chi connectivity index (χ1) is 8.28. The molecule has 0 amide bonds. The van der Waals surface area contributed by atoms with Gasteiger partial charge in [0, 0.05) is 18.5 Å². The van der Waals surface area contributed by atoms with Crippen molar-refractivity contribution >= 4 is 27.3 Å². The molecule has 0 saturated carbocycles. The number of sulfonamides is 1. The molecule has 1 aromatic heterocycles. The van der Waals surface area contributed by atoms with Crippen molar-refractivity contribution in [1.29, 1.82) is 0 Å². The number of thiophene rings is 1. The quantitative estimate of drug-likeness (QED) is 0.846. The van der Waals surface area contributed by atoms with Crippen LogP contribution >= 0.6 is 11.3 Å². The van der Waals surface area contributed by atoms with Gasteiger partial charge < -0.3 is 10.2 Å². The van der Waals surface area contributed by atoms with Crippen molar-refractivity contribution in [2.75, 3.05) is 13.1 Å². The number of hydrogen-bond donors (Lipinski definition) is 2. The second kappa shape index (κ2) is 4.30. The predicted molar refractivity (Wildman–Crippen MR) is 65.3 cm³/mol. The largest absolute Gasteiger partial charge is 0.477 e. The van der Waals surface area contributed by atoms with Gasteiger partial charge in [0.05, 0.1) is 10.5 Å². The minimum absolute atomic E-state index is 0.0140. The first-order valence-corrected chi connectivity index (χ1v) is 7.65. The van der Waals surface area contributed by atoms with Crippen LogP contribution in [0.5, 0.6) is 0 Å². The van der Waals surface area contributed by atoms with Crippen LogP contribution in [0.25, 0.3) is 0 Å². The molecule has 0 radical (unpaired) electrons. The lowest BCUT2D eigenvalue weighted by Gasteiger charge is -2.44. The van der Waals surface area contributed by atoms with Crippen LogP contribution < -0.4 is 0 Å². The van der Waals surface area contributed by atoms with E-state index in [9.17, 15) is 18.3 Å². The van der Waals surface area contributed by atoms with Crippen LogP contribution in [0.15, 0.2) is 16.3 Å². The summed E-state index contributed by atoms with van der Waals surface area (Å²) >= 11 is 0.874. The number of rotatable bonds is 4. The number of carboxylic acid groups (broad SMARTS) is 1. The molecule has 1 aliphatic rings. The zero-order valence-electron chi connectivity index (χ0n) is 9.66. The fraction of sp³-hybridized carbons (Fsp3) is 0.500. The monoisotopic (exact) mass is 291 g/mol. The topological polar surface area (TPSA) is 94.9 Å². The Bertz CT molecular complexity index is 571. The van der Waals surface area contributed by atoms with E-state index in [1.54, 1.807) is 6.92 Å². The van der Waals surface area contributed by atoms with Crippen molar-refractivity contribution in [3.05, 3.63) is 16.3 Å². The summed E-state index contributed by atoms with van der Waals surface area (Å²) in [6, 6.07) is 1.14. The number of hydrogen-bond acceptors (Lipinski definition) is 5. The maximum Gasteiger partial charge on any atom is 0.345 e. The first-order valence-electron chi connectivity index (χ1n) is 5.33. The molecule has 0 bridgehead atoms. The Kier molecular flexibility index (Phi) is 3.22. The molecule has 1 aliphatic heterocycles. The van der Waals surface area contributed by atoms with Gasteiger partial charge in [0.15, 0.2) is 0 Å². The maximum atomic E-state index is 12.1. The number of aromatic carboxylic acids is 1. The van der Waals surface area contributed by atoms with Crippen LogP contribution in [-0.2, 0) is 10.0 Å². The number of carbonyl (C=O) groups is 1. The fourth-order valence-corrected chi connectivity index (χ4v) is 4.42. The van der Waals surface area contributed by atoms with Crippen molar-refractivity contribution in [2.45, 2.75) is 23.8 Å². The standard InChI is InChI=1S/C10H13NO5S2/c1-2-10(14)5-11(6-10)18(15,16)7-3-8(9(12)13)17-4-7/h3-4,14H,2,5-6H2,1H3,(H,12,13). The molecule has 2 N–H and O–H groups in total. The van der Waals surface area contributed by atoms with Gasteiger partial charge in [-0.25, -0.2) is 13.2 Å². The van der Waals surface area contributed by atoms with Crippen LogP contribution in [0, 0.1) is 0 Å². The summed E-state index contributed by atoms with van der Waals surface area (Å²) in [6.07, 6.45) is 0.489. The lowest BCUT2D eigenvalue weighted by atomic mass is 9.94. The number of β-amino-alcohol motifs (C(OH)–C–C–N with tert-alkyl or cyclic N) is 1.